The number of methoxy groups -OCH3 is 1. The molecule has 1 aliphatic rings. The molecule has 1 aromatic rings. The fourth-order valence-corrected chi connectivity index (χ4v) is 5.45. The molecule has 0 aliphatic carbocycles. The van der Waals surface area contributed by atoms with Crippen molar-refractivity contribution in [2.45, 2.75) is 97.1 Å². The molecule has 6 atom stereocenters. The Labute approximate surface area is 201 Å². The van der Waals surface area contributed by atoms with E-state index in [2.05, 4.69) is 33.9 Å². The number of rotatable bonds is 10. The molecule has 0 unspecified atom stereocenters. The highest BCUT2D eigenvalue weighted by Crippen LogP contribution is 2.38. The molecule has 7 heteroatoms. The SMILES string of the molecule is COc1ccc([C@H]2OC[C@H](C)[C@@H]([C@@H](C)C(=O)C[C@@H](O)C[C@@H](C)O[Si](C)(C)C(C)(C)C)O2)cc1. The van der Waals surface area contributed by atoms with Crippen molar-refractivity contribution < 1.29 is 28.5 Å². The maximum atomic E-state index is 13.0. The lowest BCUT2D eigenvalue weighted by atomic mass is 9.87. The van der Waals surface area contributed by atoms with Gasteiger partial charge in [-0.25, -0.2) is 0 Å². The number of ketones is 1. The second kappa shape index (κ2) is 11.4. The number of Topliss-reactive ketones (excluding diaryl/α,β-unsaturated/α-hetero) is 1. The molecule has 0 radical (unpaired) electrons. The Kier molecular flexibility index (Phi) is 9.71. The van der Waals surface area contributed by atoms with Crippen molar-refractivity contribution in [1.82, 2.24) is 0 Å². The normalized spacial score (nSPS) is 24.7. The van der Waals surface area contributed by atoms with Gasteiger partial charge in [0.25, 0.3) is 0 Å². The summed E-state index contributed by atoms with van der Waals surface area (Å²) in [5, 5.41) is 10.7. The lowest BCUT2D eigenvalue weighted by Gasteiger charge is -2.39. The minimum atomic E-state index is -1.92. The molecular formula is C26H44O6Si. The molecule has 0 amide bonds. The van der Waals surface area contributed by atoms with E-state index in [1.54, 1.807) is 7.11 Å². The number of benzene rings is 1. The van der Waals surface area contributed by atoms with Crippen LogP contribution in [-0.2, 0) is 18.7 Å². The van der Waals surface area contributed by atoms with Crippen molar-refractivity contribution in [3.05, 3.63) is 29.8 Å². The van der Waals surface area contributed by atoms with Gasteiger partial charge in [-0.3, -0.25) is 4.79 Å². The molecule has 1 fully saturated rings. The number of ether oxygens (including phenoxy) is 3. The Hall–Kier alpha value is -1.25. The summed E-state index contributed by atoms with van der Waals surface area (Å²) in [4.78, 5) is 13.0. The van der Waals surface area contributed by atoms with Gasteiger partial charge >= 0.3 is 0 Å². The molecule has 1 aromatic carbocycles. The van der Waals surface area contributed by atoms with Crippen LogP contribution < -0.4 is 4.74 Å². The van der Waals surface area contributed by atoms with E-state index in [0.717, 1.165) is 11.3 Å². The van der Waals surface area contributed by atoms with Crippen molar-refractivity contribution in [2.75, 3.05) is 13.7 Å². The number of hydrogen-bond acceptors (Lipinski definition) is 6. The van der Waals surface area contributed by atoms with E-state index in [0.29, 0.717) is 13.0 Å². The van der Waals surface area contributed by atoms with Crippen LogP contribution in [0.3, 0.4) is 0 Å². The first kappa shape index (κ1) is 28.0. The van der Waals surface area contributed by atoms with Crippen LogP contribution in [0.4, 0.5) is 0 Å². The summed E-state index contributed by atoms with van der Waals surface area (Å²) in [6.45, 7) is 17.4. The zero-order valence-electron chi connectivity index (χ0n) is 21.9. The topological polar surface area (TPSA) is 74.2 Å². The molecule has 33 heavy (non-hydrogen) atoms. The third-order valence-electron chi connectivity index (χ3n) is 7.08. The van der Waals surface area contributed by atoms with E-state index in [1.165, 1.54) is 0 Å². The number of carbonyl (C=O) groups excluding carboxylic acids is 1. The first-order chi connectivity index (χ1) is 15.2. The summed E-state index contributed by atoms with van der Waals surface area (Å²) in [5.74, 6) is 0.519. The third kappa shape index (κ3) is 7.62. The highest BCUT2D eigenvalue weighted by molar-refractivity contribution is 6.74. The maximum absolute atomic E-state index is 13.0. The van der Waals surface area contributed by atoms with Gasteiger partial charge in [-0.05, 0) is 43.6 Å². The van der Waals surface area contributed by atoms with Crippen LogP contribution in [0.5, 0.6) is 5.75 Å². The molecule has 0 saturated carbocycles. The van der Waals surface area contributed by atoms with Gasteiger partial charge in [-0.2, -0.15) is 0 Å². The van der Waals surface area contributed by atoms with Gasteiger partial charge in [0.2, 0.25) is 0 Å². The Morgan fingerprint density at radius 2 is 1.82 bits per heavy atom. The standard InChI is InChI=1S/C26H44O6Si/c1-17-16-30-25(20-10-12-22(29-7)13-11-20)31-24(17)19(3)23(28)15-21(27)14-18(2)32-33(8,9)26(4,5)6/h10-13,17-19,21,24-25,27H,14-16H2,1-9H3/t17-,18+,19-,21-,24-,25-/m0/s1. The van der Waals surface area contributed by atoms with E-state index in [-0.39, 0.29) is 41.3 Å². The van der Waals surface area contributed by atoms with Crippen LogP contribution in [0.25, 0.3) is 0 Å². The molecule has 0 aromatic heterocycles. The zero-order chi connectivity index (χ0) is 25.0. The first-order valence-electron chi connectivity index (χ1n) is 12.0. The van der Waals surface area contributed by atoms with E-state index in [9.17, 15) is 9.90 Å². The fraction of sp³-hybridized carbons (Fsp3) is 0.731. The van der Waals surface area contributed by atoms with Crippen LogP contribution in [0, 0.1) is 11.8 Å². The molecule has 0 bridgehead atoms. The lowest BCUT2D eigenvalue weighted by molar-refractivity contribution is -0.247. The Balaban J connectivity index is 1.93. The molecular weight excluding hydrogens is 436 g/mol. The van der Waals surface area contributed by atoms with Crippen molar-refractivity contribution >= 4 is 14.1 Å². The first-order valence-corrected chi connectivity index (χ1v) is 15.0. The van der Waals surface area contributed by atoms with E-state index in [1.807, 2.05) is 45.0 Å². The van der Waals surface area contributed by atoms with Crippen LogP contribution in [-0.4, -0.2) is 51.2 Å². The quantitative estimate of drug-likeness (QED) is 0.446. The molecule has 6 nitrogen and oxygen atoms in total. The Bertz CT molecular complexity index is 757. The van der Waals surface area contributed by atoms with E-state index in [4.69, 9.17) is 18.6 Å². The number of carbonyl (C=O) groups is 1. The molecule has 2 rings (SSSR count). The second-order valence-electron chi connectivity index (χ2n) is 11.1. The molecule has 0 spiro atoms. The summed E-state index contributed by atoms with van der Waals surface area (Å²) in [6.07, 6.45) is -1.06. The van der Waals surface area contributed by atoms with Gasteiger partial charge in [0.05, 0.1) is 25.9 Å². The molecule has 1 N–H and O–H groups in total. The van der Waals surface area contributed by atoms with Gasteiger partial charge in [0.1, 0.15) is 11.5 Å². The summed E-state index contributed by atoms with van der Waals surface area (Å²) in [5.41, 5.74) is 0.893. The van der Waals surface area contributed by atoms with Gasteiger partial charge in [-0.15, -0.1) is 0 Å². The third-order valence-corrected chi connectivity index (χ3v) is 11.7. The molecule has 1 aliphatic heterocycles. The predicted molar refractivity (Wildman–Crippen MR) is 133 cm³/mol. The molecule has 1 saturated heterocycles. The summed E-state index contributed by atoms with van der Waals surface area (Å²) >= 11 is 0. The van der Waals surface area contributed by atoms with Gasteiger partial charge in [-0.1, -0.05) is 46.8 Å². The average molecular weight is 481 g/mol. The summed E-state index contributed by atoms with van der Waals surface area (Å²) < 4.78 is 23.7. The monoisotopic (exact) mass is 480 g/mol. The van der Waals surface area contributed by atoms with E-state index >= 15 is 0 Å². The summed E-state index contributed by atoms with van der Waals surface area (Å²) in [6, 6.07) is 7.56. The van der Waals surface area contributed by atoms with Crippen LogP contribution in [0.1, 0.15) is 66.2 Å². The smallest absolute Gasteiger partial charge is 0.192 e. The van der Waals surface area contributed by atoms with E-state index < -0.39 is 20.7 Å². The summed E-state index contributed by atoms with van der Waals surface area (Å²) in [7, 11) is -0.289. The van der Waals surface area contributed by atoms with Crippen molar-refractivity contribution in [2.24, 2.45) is 11.8 Å². The van der Waals surface area contributed by atoms with Crippen molar-refractivity contribution in [3.63, 3.8) is 0 Å². The number of aliphatic hydroxyl groups excluding tert-OH is 1. The van der Waals surface area contributed by atoms with Gasteiger partial charge in [0, 0.05) is 29.9 Å². The Morgan fingerprint density at radius 1 is 1.21 bits per heavy atom. The molecule has 1 heterocycles. The largest absolute Gasteiger partial charge is 0.497 e. The fourth-order valence-electron chi connectivity index (χ4n) is 3.99. The van der Waals surface area contributed by atoms with Crippen LogP contribution in [0.2, 0.25) is 18.1 Å². The Morgan fingerprint density at radius 3 is 2.36 bits per heavy atom. The highest BCUT2D eigenvalue weighted by Gasteiger charge is 2.39. The maximum Gasteiger partial charge on any atom is 0.192 e. The zero-order valence-corrected chi connectivity index (χ0v) is 22.9. The lowest BCUT2D eigenvalue weighted by Crippen LogP contribution is -2.44. The van der Waals surface area contributed by atoms with Crippen LogP contribution in [0.15, 0.2) is 24.3 Å². The number of hydrogen-bond donors (Lipinski definition) is 1. The van der Waals surface area contributed by atoms with Gasteiger partial charge in [0.15, 0.2) is 14.6 Å². The minimum Gasteiger partial charge on any atom is -0.497 e. The second-order valence-corrected chi connectivity index (χ2v) is 15.8. The number of aliphatic hydroxyl groups is 1. The molecule has 188 valence electrons. The van der Waals surface area contributed by atoms with Crippen molar-refractivity contribution in [3.8, 4) is 5.75 Å². The van der Waals surface area contributed by atoms with Gasteiger partial charge < -0.3 is 23.7 Å². The average Bonchev–Trinajstić information content (AvgIpc) is 2.72. The van der Waals surface area contributed by atoms with Crippen LogP contribution >= 0.6 is 0 Å². The van der Waals surface area contributed by atoms with Crippen molar-refractivity contribution in [1.29, 1.82) is 0 Å². The predicted octanol–water partition coefficient (Wildman–Crippen LogP) is 5.50. The minimum absolute atomic E-state index is 0.00857. The highest BCUT2D eigenvalue weighted by atomic mass is 28.4.